The first kappa shape index (κ1) is 12.1. The van der Waals surface area contributed by atoms with Gasteiger partial charge < -0.3 is 5.32 Å². The SMILES string of the molecule is Cc1nn(C)c(CNCc2ccnn2C)c1Cl. The van der Waals surface area contributed by atoms with Crippen molar-refractivity contribution in [1.82, 2.24) is 24.9 Å². The summed E-state index contributed by atoms with van der Waals surface area (Å²) in [6.45, 7) is 3.37. The highest BCUT2D eigenvalue weighted by Gasteiger charge is 2.10. The lowest BCUT2D eigenvalue weighted by molar-refractivity contribution is 0.594. The Bertz CT molecular complexity index is 514. The second-order valence-electron chi connectivity index (χ2n) is 4.02. The zero-order valence-corrected chi connectivity index (χ0v) is 11.0. The summed E-state index contributed by atoms with van der Waals surface area (Å²) < 4.78 is 3.66. The normalized spacial score (nSPS) is 11.1. The van der Waals surface area contributed by atoms with E-state index in [9.17, 15) is 0 Å². The molecule has 0 unspecified atom stereocenters. The van der Waals surface area contributed by atoms with Crippen molar-refractivity contribution in [2.24, 2.45) is 14.1 Å². The topological polar surface area (TPSA) is 47.7 Å². The van der Waals surface area contributed by atoms with Crippen LogP contribution in [0.15, 0.2) is 12.3 Å². The Balaban J connectivity index is 1.97. The van der Waals surface area contributed by atoms with Crippen LogP contribution in [0.3, 0.4) is 0 Å². The van der Waals surface area contributed by atoms with Gasteiger partial charge in [-0.15, -0.1) is 0 Å². The molecule has 2 heterocycles. The summed E-state index contributed by atoms with van der Waals surface area (Å²) in [5, 5.41) is 12.5. The standard InChI is InChI=1S/C11H16ClN5/c1-8-11(12)10(17(3)15-8)7-13-6-9-4-5-14-16(9)2/h4-5,13H,6-7H2,1-3H3. The number of nitrogens with one attached hydrogen (secondary N) is 1. The van der Waals surface area contributed by atoms with Crippen LogP contribution in [0.1, 0.15) is 17.1 Å². The van der Waals surface area contributed by atoms with E-state index in [1.54, 1.807) is 6.20 Å². The van der Waals surface area contributed by atoms with Gasteiger partial charge in [-0.1, -0.05) is 11.6 Å². The number of hydrogen-bond donors (Lipinski definition) is 1. The average Bonchev–Trinajstić information content (AvgIpc) is 2.78. The van der Waals surface area contributed by atoms with Gasteiger partial charge in [0.15, 0.2) is 0 Å². The molecule has 0 bridgehead atoms. The molecule has 0 fully saturated rings. The fourth-order valence-corrected chi connectivity index (χ4v) is 1.98. The third-order valence-electron chi connectivity index (χ3n) is 2.78. The van der Waals surface area contributed by atoms with Crippen LogP contribution in [0.2, 0.25) is 5.02 Å². The minimum absolute atomic E-state index is 0.696. The fourth-order valence-electron chi connectivity index (χ4n) is 1.76. The van der Waals surface area contributed by atoms with Crippen LogP contribution in [-0.4, -0.2) is 19.6 Å². The molecule has 92 valence electrons. The van der Waals surface area contributed by atoms with Crippen LogP contribution in [0.4, 0.5) is 0 Å². The van der Waals surface area contributed by atoms with Crippen molar-refractivity contribution in [2.75, 3.05) is 0 Å². The molecule has 2 aromatic heterocycles. The Morgan fingerprint density at radius 3 is 2.59 bits per heavy atom. The smallest absolute Gasteiger partial charge is 0.0860 e. The van der Waals surface area contributed by atoms with E-state index >= 15 is 0 Å². The summed E-state index contributed by atoms with van der Waals surface area (Å²) >= 11 is 6.17. The highest BCUT2D eigenvalue weighted by Crippen LogP contribution is 2.18. The summed E-state index contributed by atoms with van der Waals surface area (Å²) in [6.07, 6.45) is 1.79. The molecular weight excluding hydrogens is 238 g/mol. The molecule has 0 amide bonds. The van der Waals surface area contributed by atoms with E-state index < -0.39 is 0 Å². The first-order chi connectivity index (χ1) is 8.09. The second-order valence-corrected chi connectivity index (χ2v) is 4.40. The molecule has 0 spiro atoms. The fraction of sp³-hybridized carbons (Fsp3) is 0.455. The van der Waals surface area contributed by atoms with Crippen LogP contribution in [0.5, 0.6) is 0 Å². The van der Waals surface area contributed by atoms with Crippen molar-refractivity contribution in [3.05, 3.63) is 34.4 Å². The van der Waals surface area contributed by atoms with Crippen molar-refractivity contribution in [2.45, 2.75) is 20.0 Å². The van der Waals surface area contributed by atoms with Crippen molar-refractivity contribution in [3.63, 3.8) is 0 Å². The van der Waals surface area contributed by atoms with E-state index in [0.29, 0.717) is 6.54 Å². The van der Waals surface area contributed by atoms with E-state index in [2.05, 4.69) is 15.5 Å². The van der Waals surface area contributed by atoms with Crippen LogP contribution in [-0.2, 0) is 27.2 Å². The molecule has 2 aromatic rings. The number of halogens is 1. The van der Waals surface area contributed by atoms with Crippen LogP contribution in [0, 0.1) is 6.92 Å². The minimum Gasteiger partial charge on any atom is -0.305 e. The predicted octanol–water partition coefficient (Wildman–Crippen LogP) is 1.41. The predicted molar refractivity (Wildman–Crippen MR) is 66.7 cm³/mol. The third kappa shape index (κ3) is 2.50. The lowest BCUT2D eigenvalue weighted by Gasteiger charge is -2.06. The monoisotopic (exact) mass is 253 g/mol. The molecule has 0 saturated heterocycles. The molecular formula is C11H16ClN5. The molecule has 6 heteroatoms. The Labute approximate surface area is 105 Å². The van der Waals surface area contributed by atoms with Gasteiger partial charge in [-0.2, -0.15) is 10.2 Å². The Morgan fingerprint density at radius 1 is 1.29 bits per heavy atom. The summed E-state index contributed by atoms with van der Waals surface area (Å²) in [5.74, 6) is 0. The Hall–Kier alpha value is -1.33. The van der Waals surface area contributed by atoms with Gasteiger partial charge in [0.25, 0.3) is 0 Å². The molecule has 5 nitrogen and oxygen atoms in total. The second kappa shape index (κ2) is 4.89. The quantitative estimate of drug-likeness (QED) is 0.896. The van der Waals surface area contributed by atoms with Crippen molar-refractivity contribution in [3.8, 4) is 0 Å². The van der Waals surface area contributed by atoms with Gasteiger partial charge in [0, 0.05) is 33.4 Å². The van der Waals surface area contributed by atoms with Crippen molar-refractivity contribution in [1.29, 1.82) is 0 Å². The maximum Gasteiger partial charge on any atom is 0.0860 e. The van der Waals surface area contributed by atoms with Gasteiger partial charge in [0.2, 0.25) is 0 Å². The summed E-state index contributed by atoms with van der Waals surface area (Å²) in [5.41, 5.74) is 3.01. The number of hydrogen-bond acceptors (Lipinski definition) is 3. The molecule has 0 radical (unpaired) electrons. The molecule has 0 aliphatic carbocycles. The van der Waals surface area contributed by atoms with Crippen molar-refractivity contribution < 1.29 is 0 Å². The third-order valence-corrected chi connectivity index (χ3v) is 3.27. The van der Waals surface area contributed by atoms with Gasteiger partial charge in [0.05, 0.1) is 22.1 Å². The maximum atomic E-state index is 6.17. The van der Waals surface area contributed by atoms with Gasteiger partial charge in [0.1, 0.15) is 0 Å². The number of aromatic nitrogens is 4. The lowest BCUT2D eigenvalue weighted by atomic mass is 10.3. The molecule has 17 heavy (non-hydrogen) atoms. The number of nitrogens with zero attached hydrogens (tertiary/aromatic N) is 4. The number of aryl methyl sites for hydroxylation is 3. The highest BCUT2D eigenvalue weighted by molar-refractivity contribution is 6.31. The van der Waals surface area contributed by atoms with E-state index in [0.717, 1.165) is 28.6 Å². The Kier molecular flexibility index (Phi) is 3.49. The van der Waals surface area contributed by atoms with Gasteiger partial charge in [-0.25, -0.2) is 0 Å². The Morgan fingerprint density at radius 2 is 2.06 bits per heavy atom. The van der Waals surface area contributed by atoms with Crippen LogP contribution in [0.25, 0.3) is 0 Å². The number of rotatable bonds is 4. The van der Waals surface area contributed by atoms with Crippen molar-refractivity contribution >= 4 is 11.6 Å². The first-order valence-corrected chi connectivity index (χ1v) is 5.83. The summed E-state index contributed by atoms with van der Waals surface area (Å²) in [6, 6.07) is 1.99. The molecule has 0 aliphatic heterocycles. The molecule has 1 N–H and O–H groups in total. The summed E-state index contributed by atoms with van der Waals surface area (Å²) in [7, 11) is 3.83. The first-order valence-electron chi connectivity index (χ1n) is 5.45. The average molecular weight is 254 g/mol. The molecule has 0 saturated carbocycles. The molecule has 2 rings (SSSR count). The largest absolute Gasteiger partial charge is 0.305 e. The minimum atomic E-state index is 0.696. The zero-order valence-electron chi connectivity index (χ0n) is 10.2. The molecule has 0 aliphatic rings. The van der Waals surface area contributed by atoms with Gasteiger partial charge in [-0.3, -0.25) is 9.36 Å². The van der Waals surface area contributed by atoms with Crippen LogP contribution >= 0.6 is 11.6 Å². The van der Waals surface area contributed by atoms with E-state index in [1.807, 2.05) is 36.4 Å². The van der Waals surface area contributed by atoms with E-state index in [-0.39, 0.29) is 0 Å². The lowest BCUT2D eigenvalue weighted by Crippen LogP contribution is -2.17. The van der Waals surface area contributed by atoms with Gasteiger partial charge >= 0.3 is 0 Å². The zero-order chi connectivity index (χ0) is 12.4. The summed E-state index contributed by atoms with van der Waals surface area (Å²) in [4.78, 5) is 0. The molecule has 0 atom stereocenters. The molecule has 0 aromatic carbocycles. The van der Waals surface area contributed by atoms with Gasteiger partial charge in [-0.05, 0) is 13.0 Å². The van der Waals surface area contributed by atoms with E-state index in [1.165, 1.54) is 0 Å². The van der Waals surface area contributed by atoms with E-state index in [4.69, 9.17) is 11.6 Å². The maximum absolute atomic E-state index is 6.17. The van der Waals surface area contributed by atoms with Crippen LogP contribution < -0.4 is 5.32 Å². The highest BCUT2D eigenvalue weighted by atomic mass is 35.5.